The standard InChI is InChI=1S/C12H11F2N/c1-2-10-11(13)7-9(8-12(10)14)15-5-3-4-6-15/h1,7-8H,3-6H2. The molecule has 1 aliphatic rings. The Labute approximate surface area is 87.7 Å². The molecule has 1 saturated heterocycles. The normalized spacial score (nSPS) is 15.4. The summed E-state index contributed by atoms with van der Waals surface area (Å²) in [6, 6.07) is 2.62. The fraction of sp³-hybridized carbons (Fsp3) is 0.333. The van der Waals surface area contributed by atoms with Gasteiger partial charge < -0.3 is 4.90 Å². The molecule has 0 N–H and O–H groups in total. The second-order valence-electron chi connectivity index (χ2n) is 3.62. The van der Waals surface area contributed by atoms with Crippen LogP contribution in [0.15, 0.2) is 12.1 Å². The Morgan fingerprint density at radius 3 is 2.13 bits per heavy atom. The van der Waals surface area contributed by atoms with E-state index in [1.807, 2.05) is 10.8 Å². The van der Waals surface area contributed by atoms with Crippen molar-refractivity contribution in [1.29, 1.82) is 0 Å². The van der Waals surface area contributed by atoms with Crippen LogP contribution in [0.5, 0.6) is 0 Å². The molecule has 2 rings (SSSR count). The molecule has 0 aromatic heterocycles. The fourth-order valence-electron chi connectivity index (χ4n) is 1.86. The summed E-state index contributed by atoms with van der Waals surface area (Å²) in [5.74, 6) is 0.706. The maximum Gasteiger partial charge on any atom is 0.143 e. The first kappa shape index (κ1) is 9.97. The van der Waals surface area contributed by atoms with Crippen LogP contribution >= 0.6 is 0 Å². The Morgan fingerprint density at radius 1 is 1.13 bits per heavy atom. The zero-order valence-electron chi connectivity index (χ0n) is 8.26. The van der Waals surface area contributed by atoms with Crippen LogP contribution in [0, 0.1) is 24.0 Å². The molecule has 1 aromatic carbocycles. The van der Waals surface area contributed by atoms with Crippen LogP contribution in [-0.4, -0.2) is 13.1 Å². The lowest BCUT2D eigenvalue weighted by molar-refractivity contribution is 0.577. The third-order valence-electron chi connectivity index (χ3n) is 2.64. The lowest BCUT2D eigenvalue weighted by Crippen LogP contribution is -2.18. The van der Waals surface area contributed by atoms with Gasteiger partial charge in [0.1, 0.15) is 11.6 Å². The topological polar surface area (TPSA) is 3.24 Å². The van der Waals surface area contributed by atoms with E-state index in [4.69, 9.17) is 6.42 Å². The third-order valence-corrected chi connectivity index (χ3v) is 2.64. The summed E-state index contributed by atoms with van der Waals surface area (Å²) >= 11 is 0. The Balaban J connectivity index is 2.39. The average Bonchev–Trinajstić information content (AvgIpc) is 2.69. The highest BCUT2D eigenvalue weighted by Crippen LogP contribution is 2.24. The van der Waals surface area contributed by atoms with Gasteiger partial charge in [0, 0.05) is 18.8 Å². The molecule has 1 aromatic rings. The van der Waals surface area contributed by atoms with E-state index < -0.39 is 11.6 Å². The quantitative estimate of drug-likeness (QED) is 0.640. The molecular weight excluding hydrogens is 196 g/mol. The Morgan fingerprint density at radius 2 is 1.67 bits per heavy atom. The number of terminal acetylenes is 1. The molecule has 1 heterocycles. The van der Waals surface area contributed by atoms with E-state index in [0.717, 1.165) is 25.9 Å². The molecule has 0 spiro atoms. The highest BCUT2D eigenvalue weighted by atomic mass is 19.1. The van der Waals surface area contributed by atoms with E-state index in [2.05, 4.69) is 0 Å². The number of halogens is 2. The average molecular weight is 207 g/mol. The summed E-state index contributed by atoms with van der Waals surface area (Å²) < 4.78 is 26.7. The van der Waals surface area contributed by atoms with E-state index in [1.165, 1.54) is 12.1 Å². The predicted octanol–water partition coefficient (Wildman–Crippen LogP) is 2.55. The van der Waals surface area contributed by atoms with Crippen molar-refractivity contribution in [3.05, 3.63) is 29.3 Å². The number of nitrogens with zero attached hydrogens (tertiary/aromatic N) is 1. The smallest absolute Gasteiger partial charge is 0.143 e. The molecule has 0 aliphatic carbocycles. The van der Waals surface area contributed by atoms with E-state index in [9.17, 15) is 8.78 Å². The van der Waals surface area contributed by atoms with Gasteiger partial charge in [0.2, 0.25) is 0 Å². The first-order chi connectivity index (χ1) is 7.22. The SMILES string of the molecule is C#Cc1c(F)cc(N2CCCC2)cc1F. The van der Waals surface area contributed by atoms with Gasteiger partial charge in [0.05, 0.1) is 5.56 Å². The summed E-state index contributed by atoms with van der Waals surface area (Å²) in [5.41, 5.74) is 0.305. The number of hydrogen-bond donors (Lipinski definition) is 0. The van der Waals surface area contributed by atoms with Gasteiger partial charge in [0.15, 0.2) is 0 Å². The Hall–Kier alpha value is -1.56. The van der Waals surface area contributed by atoms with Crippen LogP contribution in [-0.2, 0) is 0 Å². The van der Waals surface area contributed by atoms with Crippen LogP contribution in [0.2, 0.25) is 0 Å². The first-order valence-corrected chi connectivity index (χ1v) is 4.93. The van der Waals surface area contributed by atoms with Crippen molar-refractivity contribution in [2.24, 2.45) is 0 Å². The lowest BCUT2D eigenvalue weighted by Gasteiger charge is -2.17. The van der Waals surface area contributed by atoms with Crippen molar-refractivity contribution in [3.8, 4) is 12.3 Å². The van der Waals surface area contributed by atoms with Gasteiger partial charge in [-0.3, -0.25) is 0 Å². The third kappa shape index (κ3) is 1.80. The summed E-state index contributed by atoms with van der Waals surface area (Å²) in [6.45, 7) is 1.71. The molecular formula is C12H11F2N. The van der Waals surface area contributed by atoms with Gasteiger partial charge in [-0.15, -0.1) is 6.42 Å². The fourth-order valence-corrected chi connectivity index (χ4v) is 1.86. The van der Waals surface area contributed by atoms with Crippen LogP contribution in [0.4, 0.5) is 14.5 Å². The summed E-state index contributed by atoms with van der Waals surface area (Å²) in [4.78, 5) is 1.96. The summed E-state index contributed by atoms with van der Waals surface area (Å²) in [5, 5.41) is 0. The van der Waals surface area contributed by atoms with Crippen molar-refractivity contribution in [1.82, 2.24) is 0 Å². The van der Waals surface area contributed by atoms with E-state index in [1.54, 1.807) is 0 Å². The van der Waals surface area contributed by atoms with Gasteiger partial charge in [0.25, 0.3) is 0 Å². The minimum absolute atomic E-state index is 0.280. The van der Waals surface area contributed by atoms with Gasteiger partial charge in [-0.1, -0.05) is 5.92 Å². The Kier molecular flexibility index (Phi) is 2.59. The van der Waals surface area contributed by atoms with Crippen molar-refractivity contribution < 1.29 is 8.78 Å². The van der Waals surface area contributed by atoms with Gasteiger partial charge in [-0.05, 0) is 25.0 Å². The number of benzene rings is 1. The maximum absolute atomic E-state index is 13.4. The largest absolute Gasteiger partial charge is 0.371 e. The monoisotopic (exact) mass is 207 g/mol. The van der Waals surface area contributed by atoms with Crippen LogP contribution in [0.3, 0.4) is 0 Å². The number of rotatable bonds is 1. The number of anilines is 1. The second-order valence-corrected chi connectivity index (χ2v) is 3.62. The van der Waals surface area contributed by atoms with Crippen molar-refractivity contribution in [2.75, 3.05) is 18.0 Å². The van der Waals surface area contributed by atoms with Gasteiger partial charge >= 0.3 is 0 Å². The zero-order chi connectivity index (χ0) is 10.8. The maximum atomic E-state index is 13.4. The molecule has 0 amide bonds. The second kappa shape index (κ2) is 3.90. The molecule has 0 saturated carbocycles. The molecule has 0 radical (unpaired) electrons. The molecule has 15 heavy (non-hydrogen) atoms. The predicted molar refractivity (Wildman–Crippen MR) is 55.7 cm³/mol. The van der Waals surface area contributed by atoms with Crippen LogP contribution in [0.25, 0.3) is 0 Å². The Bertz CT molecular complexity index is 391. The summed E-state index contributed by atoms with van der Waals surface area (Å²) in [6.07, 6.45) is 7.15. The minimum atomic E-state index is -0.653. The van der Waals surface area contributed by atoms with E-state index >= 15 is 0 Å². The minimum Gasteiger partial charge on any atom is -0.371 e. The van der Waals surface area contributed by atoms with E-state index in [-0.39, 0.29) is 5.56 Å². The van der Waals surface area contributed by atoms with Crippen molar-refractivity contribution in [2.45, 2.75) is 12.8 Å². The molecule has 1 nitrogen and oxygen atoms in total. The van der Waals surface area contributed by atoms with Crippen LogP contribution in [0.1, 0.15) is 18.4 Å². The van der Waals surface area contributed by atoms with Crippen LogP contribution < -0.4 is 4.90 Å². The van der Waals surface area contributed by atoms with Gasteiger partial charge in [-0.2, -0.15) is 0 Å². The van der Waals surface area contributed by atoms with E-state index in [0.29, 0.717) is 5.69 Å². The van der Waals surface area contributed by atoms with Crippen molar-refractivity contribution >= 4 is 5.69 Å². The lowest BCUT2D eigenvalue weighted by atomic mass is 10.1. The highest BCUT2D eigenvalue weighted by Gasteiger charge is 2.16. The molecule has 0 bridgehead atoms. The highest BCUT2D eigenvalue weighted by molar-refractivity contribution is 5.52. The molecule has 3 heteroatoms. The molecule has 1 aliphatic heterocycles. The number of hydrogen-bond acceptors (Lipinski definition) is 1. The molecule has 0 unspecified atom stereocenters. The van der Waals surface area contributed by atoms with Gasteiger partial charge in [-0.25, -0.2) is 8.78 Å². The summed E-state index contributed by atoms with van der Waals surface area (Å²) in [7, 11) is 0. The van der Waals surface area contributed by atoms with Crippen molar-refractivity contribution in [3.63, 3.8) is 0 Å². The first-order valence-electron chi connectivity index (χ1n) is 4.93. The molecule has 0 atom stereocenters. The zero-order valence-corrected chi connectivity index (χ0v) is 8.26. The molecule has 78 valence electrons. The molecule has 1 fully saturated rings.